The van der Waals surface area contributed by atoms with Crippen molar-refractivity contribution in [1.29, 1.82) is 0 Å². The van der Waals surface area contributed by atoms with Crippen LogP contribution in [0.1, 0.15) is 57.1 Å². The van der Waals surface area contributed by atoms with Crippen molar-refractivity contribution in [3.8, 4) is 5.75 Å². The lowest BCUT2D eigenvalue weighted by Crippen LogP contribution is -2.39. The van der Waals surface area contributed by atoms with Crippen LogP contribution in [0.25, 0.3) is 11.0 Å². The van der Waals surface area contributed by atoms with Gasteiger partial charge in [-0.2, -0.15) is 0 Å². The Morgan fingerprint density at radius 2 is 1.94 bits per heavy atom. The van der Waals surface area contributed by atoms with E-state index in [9.17, 15) is 14.4 Å². The van der Waals surface area contributed by atoms with Crippen molar-refractivity contribution in [2.75, 3.05) is 6.54 Å². The van der Waals surface area contributed by atoms with Gasteiger partial charge in [0.2, 0.25) is 0 Å². The van der Waals surface area contributed by atoms with E-state index < -0.39 is 17.7 Å². The van der Waals surface area contributed by atoms with E-state index in [1.54, 1.807) is 13.0 Å². The molecule has 2 aromatic rings. The van der Waals surface area contributed by atoms with E-state index >= 15 is 0 Å². The van der Waals surface area contributed by atoms with Gasteiger partial charge in [0, 0.05) is 12.6 Å². The number of hydrogen-bond donors (Lipinski definition) is 2. The van der Waals surface area contributed by atoms with Crippen LogP contribution in [0.3, 0.4) is 0 Å². The highest BCUT2D eigenvalue weighted by atomic mass is 16.5. The minimum absolute atomic E-state index is 0.218. The molecule has 1 saturated carbocycles. The Balaban J connectivity index is 1.68. The van der Waals surface area contributed by atoms with Crippen molar-refractivity contribution in [1.82, 2.24) is 5.32 Å². The summed E-state index contributed by atoms with van der Waals surface area (Å²) in [4.78, 5) is 35.6. The van der Waals surface area contributed by atoms with Gasteiger partial charge in [0.15, 0.2) is 6.10 Å². The van der Waals surface area contributed by atoms with E-state index in [0.717, 1.165) is 35.8 Å². The van der Waals surface area contributed by atoms with Crippen LogP contribution < -0.4 is 15.7 Å². The molecule has 0 radical (unpaired) electrons. The summed E-state index contributed by atoms with van der Waals surface area (Å²) in [5.74, 6) is -0.386. The first-order chi connectivity index (χ1) is 14.8. The standard InChI is InChI=1S/C24H31NO6/c1-4-5-18-12-21(26)31-20-11-14(2)10-19(22(18)20)30-15(3)23(27)25-13-16-6-8-17(9-7-16)24(28)29/h10-12,15-17H,4-9,13H2,1-3H3,(H,25,27)(H,28,29)/t15-,16?,17?/m1/s1. The maximum atomic E-state index is 12.6. The van der Waals surface area contributed by atoms with Crippen molar-refractivity contribution in [2.24, 2.45) is 11.8 Å². The Kier molecular flexibility index (Phi) is 7.36. The minimum atomic E-state index is -0.729. The number of carboxylic acids is 1. The van der Waals surface area contributed by atoms with Crippen LogP contribution in [0.5, 0.6) is 5.75 Å². The highest BCUT2D eigenvalue weighted by molar-refractivity contribution is 5.88. The smallest absolute Gasteiger partial charge is 0.336 e. The zero-order chi connectivity index (χ0) is 22.5. The number of ether oxygens (including phenoxy) is 1. The van der Waals surface area contributed by atoms with Gasteiger partial charge in [-0.3, -0.25) is 9.59 Å². The lowest BCUT2D eigenvalue weighted by atomic mass is 9.82. The third-order valence-corrected chi connectivity index (χ3v) is 5.99. The summed E-state index contributed by atoms with van der Waals surface area (Å²) >= 11 is 0. The number of hydrogen-bond acceptors (Lipinski definition) is 5. The summed E-state index contributed by atoms with van der Waals surface area (Å²) in [6.45, 7) is 6.14. The van der Waals surface area contributed by atoms with Gasteiger partial charge in [-0.15, -0.1) is 0 Å². The van der Waals surface area contributed by atoms with Crippen molar-refractivity contribution < 1.29 is 23.8 Å². The molecule has 7 heteroatoms. The number of carboxylic acid groups (broad SMARTS) is 1. The quantitative estimate of drug-likeness (QED) is 0.618. The molecule has 1 aromatic carbocycles. The fourth-order valence-electron chi connectivity index (χ4n) is 4.28. The summed E-state index contributed by atoms with van der Waals surface area (Å²) in [6.07, 6.45) is 3.77. The Hall–Kier alpha value is -2.83. The number of aliphatic carboxylic acids is 1. The number of nitrogens with one attached hydrogen (secondary N) is 1. The number of benzene rings is 1. The first-order valence-electron chi connectivity index (χ1n) is 11.0. The molecule has 3 rings (SSSR count). The summed E-state index contributed by atoms with van der Waals surface area (Å²) < 4.78 is 11.4. The van der Waals surface area contributed by atoms with Gasteiger partial charge in [-0.25, -0.2) is 4.79 Å². The van der Waals surface area contributed by atoms with Crippen LogP contribution in [-0.2, 0) is 16.0 Å². The topological polar surface area (TPSA) is 106 Å². The number of amides is 1. The monoisotopic (exact) mass is 429 g/mol. The molecule has 0 spiro atoms. The van der Waals surface area contributed by atoms with Crippen LogP contribution in [0.15, 0.2) is 27.4 Å². The van der Waals surface area contributed by atoms with E-state index in [-0.39, 0.29) is 17.7 Å². The maximum absolute atomic E-state index is 12.6. The van der Waals surface area contributed by atoms with Gasteiger partial charge in [-0.05, 0) is 75.1 Å². The van der Waals surface area contributed by atoms with Crippen molar-refractivity contribution >= 4 is 22.8 Å². The molecule has 1 aliphatic carbocycles. The van der Waals surface area contributed by atoms with Gasteiger partial charge in [0.1, 0.15) is 11.3 Å². The first kappa shape index (κ1) is 22.8. The number of carbonyl (C=O) groups is 2. The molecule has 7 nitrogen and oxygen atoms in total. The number of fused-ring (bicyclic) bond motifs is 1. The molecule has 1 aromatic heterocycles. The minimum Gasteiger partial charge on any atom is -0.481 e. The highest BCUT2D eigenvalue weighted by Gasteiger charge is 2.27. The summed E-state index contributed by atoms with van der Waals surface area (Å²) in [7, 11) is 0. The van der Waals surface area contributed by atoms with Crippen molar-refractivity contribution in [2.45, 2.75) is 65.4 Å². The number of rotatable bonds is 8. The van der Waals surface area contributed by atoms with Crippen LogP contribution in [0, 0.1) is 18.8 Å². The Morgan fingerprint density at radius 3 is 2.58 bits per heavy atom. The van der Waals surface area contributed by atoms with Gasteiger partial charge in [0.25, 0.3) is 5.91 Å². The molecule has 0 saturated heterocycles. The summed E-state index contributed by atoms with van der Waals surface area (Å²) in [6, 6.07) is 5.16. The molecular formula is C24H31NO6. The molecule has 1 aliphatic rings. The zero-order valence-electron chi connectivity index (χ0n) is 18.4. The van der Waals surface area contributed by atoms with Gasteiger partial charge in [0.05, 0.1) is 11.3 Å². The lowest BCUT2D eigenvalue weighted by molar-refractivity contribution is -0.143. The fraction of sp³-hybridized carbons (Fsp3) is 0.542. The maximum Gasteiger partial charge on any atom is 0.336 e. The normalized spacial score (nSPS) is 19.7. The van der Waals surface area contributed by atoms with E-state index in [1.165, 1.54) is 6.07 Å². The van der Waals surface area contributed by atoms with E-state index in [2.05, 4.69) is 5.32 Å². The van der Waals surface area contributed by atoms with E-state index in [1.807, 2.05) is 19.9 Å². The molecular weight excluding hydrogens is 398 g/mol. The fourth-order valence-corrected chi connectivity index (χ4v) is 4.28. The SMILES string of the molecule is CCCc1cc(=O)oc2cc(C)cc(O[C@H](C)C(=O)NCC3CCC(C(=O)O)CC3)c12. The van der Waals surface area contributed by atoms with Gasteiger partial charge < -0.3 is 19.6 Å². The number of carbonyl (C=O) groups excluding carboxylic acids is 1. The Morgan fingerprint density at radius 1 is 1.23 bits per heavy atom. The average Bonchev–Trinajstić information content (AvgIpc) is 2.71. The highest BCUT2D eigenvalue weighted by Crippen LogP contribution is 2.32. The van der Waals surface area contributed by atoms with Gasteiger partial charge in [-0.1, -0.05) is 13.3 Å². The largest absolute Gasteiger partial charge is 0.481 e. The molecule has 2 N–H and O–H groups in total. The second-order valence-electron chi connectivity index (χ2n) is 8.54. The average molecular weight is 430 g/mol. The molecule has 168 valence electrons. The second kappa shape index (κ2) is 9.98. The number of aryl methyl sites for hydroxylation is 2. The van der Waals surface area contributed by atoms with E-state index in [4.69, 9.17) is 14.3 Å². The third kappa shape index (κ3) is 5.66. The molecule has 1 atom stereocenters. The third-order valence-electron chi connectivity index (χ3n) is 5.99. The molecule has 1 amide bonds. The molecule has 1 fully saturated rings. The Bertz CT molecular complexity index is 1000. The predicted molar refractivity (Wildman–Crippen MR) is 117 cm³/mol. The van der Waals surface area contributed by atoms with Crippen LogP contribution >= 0.6 is 0 Å². The first-order valence-corrected chi connectivity index (χ1v) is 11.0. The molecule has 0 aliphatic heterocycles. The van der Waals surface area contributed by atoms with Crippen LogP contribution in [0.4, 0.5) is 0 Å². The Labute approximate surface area is 181 Å². The molecule has 31 heavy (non-hydrogen) atoms. The predicted octanol–water partition coefficient (Wildman–Crippen LogP) is 3.83. The van der Waals surface area contributed by atoms with Crippen molar-refractivity contribution in [3.05, 3.63) is 39.7 Å². The van der Waals surface area contributed by atoms with Gasteiger partial charge >= 0.3 is 11.6 Å². The molecule has 1 heterocycles. The second-order valence-corrected chi connectivity index (χ2v) is 8.54. The lowest BCUT2D eigenvalue weighted by Gasteiger charge is -2.26. The summed E-state index contributed by atoms with van der Waals surface area (Å²) in [5.41, 5.74) is 1.80. The van der Waals surface area contributed by atoms with Crippen molar-refractivity contribution in [3.63, 3.8) is 0 Å². The summed E-state index contributed by atoms with van der Waals surface area (Å²) in [5, 5.41) is 12.8. The van der Waals surface area contributed by atoms with Crippen LogP contribution in [0.2, 0.25) is 0 Å². The zero-order valence-corrected chi connectivity index (χ0v) is 18.4. The van der Waals surface area contributed by atoms with Crippen LogP contribution in [-0.4, -0.2) is 29.6 Å². The molecule has 0 bridgehead atoms. The molecule has 0 unspecified atom stereocenters. The van der Waals surface area contributed by atoms with E-state index in [0.29, 0.717) is 37.1 Å².